The summed E-state index contributed by atoms with van der Waals surface area (Å²) in [6, 6.07) is 6.37. The van der Waals surface area contributed by atoms with Crippen molar-refractivity contribution in [2.24, 2.45) is 5.92 Å². The van der Waals surface area contributed by atoms with Gasteiger partial charge < -0.3 is 15.0 Å². The molecular weight excluding hydrogens is 340 g/mol. The molecule has 1 N–H and O–H groups in total. The van der Waals surface area contributed by atoms with Crippen molar-refractivity contribution >= 4 is 11.8 Å². The monoisotopic (exact) mass is 374 g/mol. The van der Waals surface area contributed by atoms with Crippen molar-refractivity contribution < 1.29 is 14.3 Å². The van der Waals surface area contributed by atoms with Crippen molar-refractivity contribution in [1.82, 2.24) is 10.2 Å². The van der Waals surface area contributed by atoms with Gasteiger partial charge in [-0.25, -0.2) is 0 Å². The van der Waals surface area contributed by atoms with Gasteiger partial charge in [0, 0.05) is 31.5 Å². The highest BCUT2D eigenvalue weighted by Gasteiger charge is 2.27. The summed E-state index contributed by atoms with van der Waals surface area (Å²) in [5.74, 6) is 1.30. The highest BCUT2D eigenvalue weighted by atomic mass is 16.5. The molecule has 1 aliphatic heterocycles. The summed E-state index contributed by atoms with van der Waals surface area (Å²) in [5.41, 5.74) is 2.33. The van der Waals surface area contributed by atoms with Gasteiger partial charge in [-0.1, -0.05) is 12.1 Å². The molecular formula is C22H34N2O3. The fourth-order valence-electron chi connectivity index (χ4n) is 3.37. The second-order valence-electron chi connectivity index (χ2n) is 7.89. The van der Waals surface area contributed by atoms with Crippen molar-refractivity contribution in [2.75, 3.05) is 19.7 Å². The fraction of sp³-hybridized carbons (Fsp3) is 0.636. The van der Waals surface area contributed by atoms with Gasteiger partial charge in [-0.15, -0.1) is 0 Å². The molecule has 2 amide bonds. The number of carbonyl (C=O) groups is 2. The molecule has 0 aromatic heterocycles. The molecule has 0 radical (unpaired) electrons. The van der Waals surface area contributed by atoms with E-state index in [9.17, 15) is 9.59 Å². The number of aryl methyl sites for hydroxylation is 2. The van der Waals surface area contributed by atoms with Gasteiger partial charge in [0.05, 0.1) is 6.61 Å². The van der Waals surface area contributed by atoms with E-state index in [2.05, 4.69) is 30.4 Å². The number of hydrogen-bond acceptors (Lipinski definition) is 3. The zero-order valence-corrected chi connectivity index (χ0v) is 17.2. The highest BCUT2D eigenvalue weighted by molar-refractivity contribution is 5.80. The Kier molecular flexibility index (Phi) is 8.14. The maximum atomic E-state index is 12.4. The minimum absolute atomic E-state index is 0.0439. The van der Waals surface area contributed by atoms with Crippen molar-refractivity contribution in [3.05, 3.63) is 29.3 Å². The number of benzene rings is 1. The summed E-state index contributed by atoms with van der Waals surface area (Å²) in [5, 5.41) is 2.97. The molecule has 27 heavy (non-hydrogen) atoms. The minimum atomic E-state index is 0.0439. The van der Waals surface area contributed by atoms with Crippen LogP contribution in [0, 0.1) is 19.8 Å². The molecule has 1 aromatic rings. The molecule has 150 valence electrons. The standard InChI is InChI=1S/C22H34N2O3/c1-16(2)23-22(26)19-10-12-24(13-11-19)21(25)7-5-6-14-27-20-15-17(3)8-9-18(20)4/h8-9,15-16,19H,5-7,10-14H2,1-4H3,(H,23,26). The average molecular weight is 375 g/mol. The summed E-state index contributed by atoms with van der Waals surface area (Å²) >= 11 is 0. The van der Waals surface area contributed by atoms with Crippen LogP contribution in [0.2, 0.25) is 0 Å². The lowest BCUT2D eigenvalue weighted by Gasteiger charge is -2.31. The minimum Gasteiger partial charge on any atom is -0.493 e. The predicted molar refractivity (Wildman–Crippen MR) is 108 cm³/mol. The largest absolute Gasteiger partial charge is 0.493 e. The number of hydrogen-bond donors (Lipinski definition) is 1. The first kappa shape index (κ1) is 21.3. The van der Waals surface area contributed by atoms with Crippen molar-refractivity contribution in [1.29, 1.82) is 0 Å². The van der Waals surface area contributed by atoms with E-state index in [1.165, 1.54) is 5.56 Å². The van der Waals surface area contributed by atoms with E-state index in [0.717, 1.165) is 37.0 Å². The summed E-state index contributed by atoms with van der Waals surface area (Å²) in [6.07, 6.45) is 3.78. The topological polar surface area (TPSA) is 58.6 Å². The first-order valence-electron chi connectivity index (χ1n) is 10.1. The van der Waals surface area contributed by atoms with Crippen LogP contribution in [0.3, 0.4) is 0 Å². The zero-order chi connectivity index (χ0) is 19.8. The number of ether oxygens (including phenoxy) is 1. The van der Waals surface area contributed by atoms with Gasteiger partial charge in [0.15, 0.2) is 0 Å². The molecule has 1 heterocycles. The molecule has 5 nitrogen and oxygen atoms in total. The second-order valence-corrected chi connectivity index (χ2v) is 7.89. The Morgan fingerprint density at radius 3 is 2.56 bits per heavy atom. The molecule has 0 bridgehead atoms. The second kappa shape index (κ2) is 10.3. The highest BCUT2D eigenvalue weighted by Crippen LogP contribution is 2.20. The van der Waals surface area contributed by atoms with Crippen LogP contribution in [0.5, 0.6) is 5.75 Å². The summed E-state index contributed by atoms with van der Waals surface area (Å²) in [6.45, 7) is 10.1. The Morgan fingerprint density at radius 2 is 1.89 bits per heavy atom. The van der Waals surface area contributed by atoms with E-state index in [4.69, 9.17) is 4.74 Å². The average Bonchev–Trinajstić information content (AvgIpc) is 2.63. The summed E-state index contributed by atoms with van der Waals surface area (Å²) < 4.78 is 5.85. The fourth-order valence-corrected chi connectivity index (χ4v) is 3.37. The number of nitrogens with one attached hydrogen (secondary N) is 1. The molecule has 0 aliphatic carbocycles. The predicted octanol–water partition coefficient (Wildman–Crippen LogP) is 3.62. The number of amides is 2. The molecule has 1 aromatic carbocycles. The van der Waals surface area contributed by atoms with Crippen LogP contribution < -0.4 is 10.1 Å². The Hall–Kier alpha value is -2.04. The third-order valence-electron chi connectivity index (χ3n) is 5.04. The first-order chi connectivity index (χ1) is 12.9. The van der Waals surface area contributed by atoms with E-state index in [-0.39, 0.29) is 23.8 Å². The van der Waals surface area contributed by atoms with Crippen LogP contribution in [0.15, 0.2) is 18.2 Å². The van der Waals surface area contributed by atoms with Crippen LogP contribution in [0.4, 0.5) is 0 Å². The Labute approximate surface area is 163 Å². The van der Waals surface area contributed by atoms with E-state index < -0.39 is 0 Å². The van der Waals surface area contributed by atoms with Gasteiger partial charge in [0.1, 0.15) is 5.75 Å². The van der Waals surface area contributed by atoms with Crippen molar-refractivity contribution in [3.63, 3.8) is 0 Å². The third-order valence-corrected chi connectivity index (χ3v) is 5.04. The molecule has 0 unspecified atom stereocenters. The van der Waals surface area contributed by atoms with Gasteiger partial charge in [-0.2, -0.15) is 0 Å². The zero-order valence-electron chi connectivity index (χ0n) is 17.2. The van der Waals surface area contributed by atoms with E-state index >= 15 is 0 Å². The molecule has 1 saturated heterocycles. The molecule has 2 rings (SSSR count). The van der Waals surface area contributed by atoms with Gasteiger partial charge >= 0.3 is 0 Å². The van der Waals surface area contributed by atoms with Crippen LogP contribution in [0.25, 0.3) is 0 Å². The molecule has 1 aliphatic rings. The number of likely N-dealkylation sites (tertiary alicyclic amines) is 1. The lowest BCUT2D eigenvalue weighted by atomic mass is 9.95. The van der Waals surface area contributed by atoms with Gasteiger partial charge in [0.25, 0.3) is 0 Å². The molecule has 1 fully saturated rings. The molecule has 5 heteroatoms. The number of nitrogens with zero attached hydrogens (tertiary/aromatic N) is 1. The van der Waals surface area contributed by atoms with Crippen molar-refractivity contribution in [2.45, 2.75) is 65.8 Å². The lowest BCUT2D eigenvalue weighted by molar-refractivity contribution is -0.135. The number of carbonyl (C=O) groups excluding carboxylic acids is 2. The number of rotatable bonds is 8. The van der Waals surface area contributed by atoms with Crippen LogP contribution in [-0.2, 0) is 9.59 Å². The van der Waals surface area contributed by atoms with Crippen LogP contribution in [-0.4, -0.2) is 42.5 Å². The van der Waals surface area contributed by atoms with Crippen LogP contribution in [0.1, 0.15) is 57.1 Å². The summed E-state index contributed by atoms with van der Waals surface area (Å²) in [4.78, 5) is 26.3. The van der Waals surface area contributed by atoms with Gasteiger partial charge in [0.2, 0.25) is 11.8 Å². The normalized spacial score (nSPS) is 15.1. The van der Waals surface area contributed by atoms with E-state index in [1.54, 1.807) is 0 Å². The smallest absolute Gasteiger partial charge is 0.223 e. The molecule has 0 atom stereocenters. The van der Waals surface area contributed by atoms with E-state index in [1.807, 2.05) is 25.7 Å². The maximum absolute atomic E-state index is 12.4. The molecule has 0 spiro atoms. The SMILES string of the molecule is Cc1ccc(C)c(OCCCCC(=O)N2CCC(C(=O)NC(C)C)CC2)c1. The Morgan fingerprint density at radius 1 is 1.19 bits per heavy atom. The maximum Gasteiger partial charge on any atom is 0.223 e. The Bertz CT molecular complexity index is 634. The Balaban J connectivity index is 1.62. The first-order valence-corrected chi connectivity index (χ1v) is 10.1. The number of piperidine rings is 1. The lowest BCUT2D eigenvalue weighted by Crippen LogP contribution is -2.44. The van der Waals surface area contributed by atoms with E-state index in [0.29, 0.717) is 26.1 Å². The third kappa shape index (κ3) is 6.89. The van der Waals surface area contributed by atoms with Gasteiger partial charge in [-0.05, 0) is 70.6 Å². The summed E-state index contributed by atoms with van der Waals surface area (Å²) in [7, 11) is 0. The van der Waals surface area contributed by atoms with Crippen molar-refractivity contribution in [3.8, 4) is 5.75 Å². The molecule has 0 saturated carbocycles. The quantitative estimate of drug-likeness (QED) is 0.707. The van der Waals surface area contributed by atoms with Crippen LogP contribution >= 0.6 is 0 Å². The number of unbranched alkanes of at least 4 members (excludes halogenated alkanes) is 1. The van der Waals surface area contributed by atoms with Gasteiger partial charge in [-0.3, -0.25) is 9.59 Å².